The topological polar surface area (TPSA) is 25.8 Å². The number of terminal acetylenes is 1. The van der Waals surface area contributed by atoms with Gasteiger partial charge in [0.25, 0.3) is 0 Å². The molecule has 0 saturated carbocycles. The first-order valence-corrected chi connectivity index (χ1v) is 6.39. The summed E-state index contributed by atoms with van der Waals surface area (Å²) in [6, 6.07) is 18.5. The molecule has 0 aromatic heterocycles. The van der Waals surface area contributed by atoms with Crippen LogP contribution in [0.5, 0.6) is 5.75 Å². The van der Waals surface area contributed by atoms with Crippen molar-refractivity contribution in [3.05, 3.63) is 65.7 Å². The summed E-state index contributed by atoms with van der Waals surface area (Å²) in [5.41, 5.74) is 2.63. The van der Waals surface area contributed by atoms with Gasteiger partial charge in [-0.15, -0.1) is 6.42 Å². The van der Waals surface area contributed by atoms with E-state index in [1.165, 1.54) is 11.1 Å². The van der Waals surface area contributed by atoms with Crippen molar-refractivity contribution >= 4 is 0 Å². The molecular formula is C17H18NO+. The SMILES string of the molecule is C#CCOc1ccc(C[NH2+]Cc2ccccc2)cc1. The minimum Gasteiger partial charge on any atom is -0.481 e. The van der Waals surface area contributed by atoms with E-state index in [0.717, 1.165) is 18.8 Å². The Morgan fingerprint density at radius 3 is 2.16 bits per heavy atom. The maximum atomic E-state index is 5.34. The highest BCUT2D eigenvalue weighted by Gasteiger charge is 1.98. The van der Waals surface area contributed by atoms with Gasteiger partial charge < -0.3 is 10.1 Å². The molecule has 0 unspecified atom stereocenters. The highest BCUT2D eigenvalue weighted by molar-refractivity contribution is 5.27. The molecule has 0 aliphatic rings. The average Bonchev–Trinajstić information content (AvgIpc) is 2.47. The second-order valence-electron chi connectivity index (χ2n) is 4.32. The van der Waals surface area contributed by atoms with E-state index >= 15 is 0 Å². The summed E-state index contributed by atoms with van der Waals surface area (Å²) in [4.78, 5) is 0. The van der Waals surface area contributed by atoms with Crippen molar-refractivity contribution < 1.29 is 10.1 Å². The van der Waals surface area contributed by atoms with Crippen LogP contribution in [0.2, 0.25) is 0 Å². The normalized spacial score (nSPS) is 9.84. The van der Waals surface area contributed by atoms with Gasteiger partial charge >= 0.3 is 0 Å². The monoisotopic (exact) mass is 252 g/mol. The number of hydrogen-bond acceptors (Lipinski definition) is 1. The zero-order valence-corrected chi connectivity index (χ0v) is 10.9. The number of ether oxygens (including phenoxy) is 1. The van der Waals surface area contributed by atoms with E-state index in [-0.39, 0.29) is 0 Å². The first kappa shape index (κ1) is 13.2. The van der Waals surface area contributed by atoms with E-state index in [1.807, 2.05) is 18.2 Å². The Morgan fingerprint density at radius 1 is 0.895 bits per heavy atom. The average molecular weight is 252 g/mol. The summed E-state index contributed by atoms with van der Waals surface area (Å²) in [7, 11) is 0. The lowest BCUT2D eigenvalue weighted by Gasteiger charge is -2.04. The highest BCUT2D eigenvalue weighted by atomic mass is 16.5. The number of benzene rings is 2. The van der Waals surface area contributed by atoms with Crippen LogP contribution in [0.4, 0.5) is 0 Å². The molecule has 0 heterocycles. The van der Waals surface area contributed by atoms with Crippen molar-refractivity contribution in [2.45, 2.75) is 13.1 Å². The van der Waals surface area contributed by atoms with Gasteiger partial charge in [0.15, 0.2) is 0 Å². The molecule has 2 rings (SSSR count). The standard InChI is InChI=1S/C17H17NO/c1-2-12-19-17-10-8-16(9-11-17)14-18-13-15-6-4-3-5-7-15/h1,3-11,18H,12-14H2/p+1. The van der Waals surface area contributed by atoms with E-state index in [1.54, 1.807) is 0 Å². The van der Waals surface area contributed by atoms with Gasteiger partial charge in [-0.2, -0.15) is 0 Å². The molecule has 0 bridgehead atoms. The van der Waals surface area contributed by atoms with Gasteiger partial charge in [-0.25, -0.2) is 0 Å². The summed E-state index contributed by atoms with van der Waals surface area (Å²) >= 11 is 0. The Hall–Kier alpha value is -2.24. The second-order valence-corrected chi connectivity index (χ2v) is 4.32. The zero-order valence-electron chi connectivity index (χ0n) is 10.9. The second kappa shape index (κ2) is 7.25. The van der Waals surface area contributed by atoms with Crippen molar-refractivity contribution in [1.29, 1.82) is 0 Å². The third-order valence-electron chi connectivity index (χ3n) is 2.85. The summed E-state index contributed by atoms with van der Waals surface area (Å²) in [6.45, 7) is 2.28. The molecule has 0 radical (unpaired) electrons. The predicted octanol–water partition coefficient (Wildman–Crippen LogP) is 1.96. The van der Waals surface area contributed by atoms with Crippen LogP contribution < -0.4 is 10.1 Å². The first-order valence-electron chi connectivity index (χ1n) is 6.39. The van der Waals surface area contributed by atoms with Crippen LogP contribution in [0.3, 0.4) is 0 Å². The van der Waals surface area contributed by atoms with Gasteiger partial charge in [-0.1, -0.05) is 36.3 Å². The smallest absolute Gasteiger partial charge is 0.148 e. The van der Waals surface area contributed by atoms with Crippen LogP contribution >= 0.6 is 0 Å². The van der Waals surface area contributed by atoms with Gasteiger partial charge in [0, 0.05) is 11.1 Å². The van der Waals surface area contributed by atoms with Gasteiger partial charge in [-0.3, -0.25) is 0 Å². The Balaban J connectivity index is 1.79. The van der Waals surface area contributed by atoms with Gasteiger partial charge in [0.1, 0.15) is 25.4 Å². The van der Waals surface area contributed by atoms with Crippen molar-refractivity contribution in [2.24, 2.45) is 0 Å². The summed E-state index contributed by atoms with van der Waals surface area (Å²) < 4.78 is 5.34. The maximum absolute atomic E-state index is 5.34. The molecule has 0 spiro atoms. The van der Waals surface area contributed by atoms with E-state index in [9.17, 15) is 0 Å². The molecule has 0 atom stereocenters. The summed E-state index contributed by atoms with van der Waals surface area (Å²) in [5, 5.41) is 2.28. The highest BCUT2D eigenvalue weighted by Crippen LogP contribution is 2.11. The lowest BCUT2D eigenvalue weighted by Crippen LogP contribution is -2.80. The molecule has 2 aromatic rings. The van der Waals surface area contributed by atoms with E-state index < -0.39 is 0 Å². The predicted molar refractivity (Wildman–Crippen MR) is 76.5 cm³/mol. The molecule has 2 heteroatoms. The van der Waals surface area contributed by atoms with E-state index in [0.29, 0.717) is 6.61 Å². The van der Waals surface area contributed by atoms with Crippen LogP contribution in [-0.2, 0) is 13.1 Å². The third-order valence-corrected chi connectivity index (χ3v) is 2.85. The van der Waals surface area contributed by atoms with Crippen LogP contribution in [0.25, 0.3) is 0 Å². The fraction of sp³-hybridized carbons (Fsp3) is 0.176. The van der Waals surface area contributed by atoms with Crippen LogP contribution in [0.15, 0.2) is 54.6 Å². The molecule has 2 nitrogen and oxygen atoms in total. The fourth-order valence-corrected chi connectivity index (χ4v) is 1.87. The molecule has 96 valence electrons. The molecule has 0 fully saturated rings. The molecule has 2 aromatic carbocycles. The van der Waals surface area contributed by atoms with E-state index in [4.69, 9.17) is 11.2 Å². The Bertz CT molecular complexity index is 525. The first-order chi connectivity index (χ1) is 9.38. The van der Waals surface area contributed by atoms with Crippen LogP contribution in [-0.4, -0.2) is 6.61 Å². The lowest BCUT2D eigenvalue weighted by molar-refractivity contribution is -0.686. The molecule has 0 aliphatic heterocycles. The molecule has 2 N–H and O–H groups in total. The van der Waals surface area contributed by atoms with Crippen molar-refractivity contribution in [1.82, 2.24) is 0 Å². The number of rotatable bonds is 6. The van der Waals surface area contributed by atoms with Gasteiger partial charge in [-0.05, 0) is 24.3 Å². The number of nitrogens with two attached hydrogens (primary N) is 1. The van der Waals surface area contributed by atoms with Gasteiger partial charge in [0.2, 0.25) is 0 Å². The summed E-state index contributed by atoms with van der Waals surface area (Å²) in [6.07, 6.45) is 5.15. The molecular weight excluding hydrogens is 234 g/mol. The minimum atomic E-state index is 0.319. The maximum Gasteiger partial charge on any atom is 0.148 e. The van der Waals surface area contributed by atoms with Crippen molar-refractivity contribution in [2.75, 3.05) is 6.61 Å². The van der Waals surface area contributed by atoms with Gasteiger partial charge in [0.05, 0.1) is 0 Å². The Morgan fingerprint density at radius 2 is 1.53 bits per heavy atom. The van der Waals surface area contributed by atoms with Crippen molar-refractivity contribution in [3.63, 3.8) is 0 Å². The molecule has 19 heavy (non-hydrogen) atoms. The van der Waals surface area contributed by atoms with Crippen LogP contribution in [0, 0.1) is 12.3 Å². The summed E-state index contributed by atoms with van der Waals surface area (Å²) in [5.74, 6) is 3.28. The van der Waals surface area contributed by atoms with E-state index in [2.05, 4.69) is 47.6 Å². The number of hydrogen-bond donors (Lipinski definition) is 1. The largest absolute Gasteiger partial charge is 0.481 e. The molecule has 0 amide bonds. The van der Waals surface area contributed by atoms with Crippen LogP contribution in [0.1, 0.15) is 11.1 Å². The minimum absolute atomic E-state index is 0.319. The molecule has 0 aliphatic carbocycles. The third kappa shape index (κ3) is 4.50. The fourth-order valence-electron chi connectivity index (χ4n) is 1.87. The van der Waals surface area contributed by atoms with Crippen molar-refractivity contribution in [3.8, 4) is 18.1 Å². The quantitative estimate of drug-likeness (QED) is 0.781. The Labute approximate surface area is 114 Å². The number of quaternary nitrogens is 1. The zero-order chi connectivity index (χ0) is 13.3. The lowest BCUT2D eigenvalue weighted by atomic mass is 10.2. The Kier molecular flexibility index (Phi) is 5.04. The molecule has 0 saturated heterocycles.